The molecule has 0 spiro atoms. The fraction of sp³-hybridized carbons (Fsp3) is 0.200. The summed E-state index contributed by atoms with van der Waals surface area (Å²) in [4.78, 5) is 0. The molecule has 1 unspecified atom stereocenters. The molecule has 2 aromatic carbocycles. The number of alkyl halides is 3. The molecule has 0 saturated heterocycles. The first-order valence-electron chi connectivity index (χ1n) is 6.23. The Morgan fingerprint density at radius 1 is 1.05 bits per heavy atom. The molecule has 0 heterocycles. The minimum absolute atomic E-state index is 0.237. The van der Waals surface area contributed by atoms with Crippen molar-refractivity contribution in [3.63, 3.8) is 0 Å². The van der Waals surface area contributed by atoms with Gasteiger partial charge in [0.25, 0.3) is 0 Å². The maximum absolute atomic E-state index is 13.4. The van der Waals surface area contributed by atoms with Gasteiger partial charge in [-0.3, -0.25) is 5.84 Å². The Balaban J connectivity index is 2.63. The van der Waals surface area contributed by atoms with Gasteiger partial charge < -0.3 is 0 Å². The van der Waals surface area contributed by atoms with Gasteiger partial charge in [0.15, 0.2) is 0 Å². The Morgan fingerprint density at radius 2 is 1.71 bits per heavy atom. The van der Waals surface area contributed by atoms with Crippen LogP contribution in [-0.4, -0.2) is 0 Å². The lowest BCUT2D eigenvalue weighted by Crippen LogP contribution is -2.31. The van der Waals surface area contributed by atoms with E-state index in [0.29, 0.717) is 5.56 Å². The van der Waals surface area contributed by atoms with Gasteiger partial charge in [0.2, 0.25) is 0 Å². The van der Waals surface area contributed by atoms with Gasteiger partial charge in [-0.15, -0.1) is 0 Å². The van der Waals surface area contributed by atoms with Crippen molar-refractivity contribution in [3.8, 4) is 0 Å². The Bertz CT molecular complexity index is 638. The van der Waals surface area contributed by atoms with E-state index in [4.69, 9.17) is 5.84 Å². The standard InChI is InChI=1S/C15H14F4N2/c1-9-4-2-3-5-11(9)14(21-20)12-8-10(16)6-7-13(12)15(17,18)19/h2-8,14,21H,20H2,1H3. The molecule has 0 bridgehead atoms. The van der Waals surface area contributed by atoms with Crippen molar-refractivity contribution in [1.29, 1.82) is 0 Å². The SMILES string of the molecule is Cc1ccccc1C(NN)c1cc(F)ccc1C(F)(F)F. The number of hydrogen-bond acceptors (Lipinski definition) is 2. The fourth-order valence-corrected chi connectivity index (χ4v) is 2.29. The fourth-order valence-electron chi connectivity index (χ4n) is 2.29. The summed E-state index contributed by atoms with van der Waals surface area (Å²) in [5.41, 5.74) is 2.53. The molecule has 0 amide bonds. The highest BCUT2D eigenvalue weighted by molar-refractivity contribution is 5.41. The van der Waals surface area contributed by atoms with Crippen molar-refractivity contribution in [2.24, 2.45) is 5.84 Å². The molecule has 6 heteroatoms. The lowest BCUT2D eigenvalue weighted by atomic mass is 9.92. The van der Waals surface area contributed by atoms with Crippen LogP contribution in [0, 0.1) is 12.7 Å². The summed E-state index contributed by atoms with van der Waals surface area (Å²) < 4.78 is 52.7. The van der Waals surface area contributed by atoms with Crippen LogP contribution >= 0.6 is 0 Å². The van der Waals surface area contributed by atoms with Crippen molar-refractivity contribution in [2.75, 3.05) is 0 Å². The van der Waals surface area contributed by atoms with E-state index in [0.717, 1.165) is 23.8 Å². The van der Waals surface area contributed by atoms with E-state index in [1.807, 2.05) is 0 Å². The molecular formula is C15H14F4N2. The third-order valence-corrected chi connectivity index (χ3v) is 3.30. The molecule has 2 rings (SSSR count). The number of benzene rings is 2. The maximum atomic E-state index is 13.4. The molecular weight excluding hydrogens is 284 g/mol. The predicted molar refractivity (Wildman–Crippen MR) is 71.7 cm³/mol. The number of nitrogens with two attached hydrogens (primary N) is 1. The molecule has 0 fully saturated rings. The Morgan fingerprint density at radius 3 is 2.29 bits per heavy atom. The van der Waals surface area contributed by atoms with Gasteiger partial charge in [-0.25, -0.2) is 9.82 Å². The molecule has 0 aliphatic carbocycles. The van der Waals surface area contributed by atoms with Crippen LogP contribution in [-0.2, 0) is 6.18 Å². The molecule has 1 atom stereocenters. The number of nitrogens with one attached hydrogen (secondary N) is 1. The molecule has 0 radical (unpaired) electrons. The van der Waals surface area contributed by atoms with Crippen LogP contribution < -0.4 is 11.3 Å². The van der Waals surface area contributed by atoms with E-state index in [9.17, 15) is 17.6 Å². The Hall–Kier alpha value is -1.92. The lowest BCUT2D eigenvalue weighted by molar-refractivity contribution is -0.138. The van der Waals surface area contributed by atoms with Gasteiger partial charge in [0.05, 0.1) is 11.6 Å². The molecule has 3 N–H and O–H groups in total. The molecule has 0 aromatic heterocycles. The van der Waals surface area contributed by atoms with Gasteiger partial charge in [-0.1, -0.05) is 24.3 Å². The minimum atomic E-state index is -4.58. The van der Waals surface area contributed by atoms with Crippen LogP contribution in [0.1, 0.15) is 28.3 Å². The molecule has 112 valence electrons. The van der Waals surface area contributed by atoms with Crippen molar-refractivity contribution in [1.82, 2.24) is 5.43 Å². The first-order chi connectivity index (χ1) is 9.84. The molecule has 0 saturated carbocycles. The maximum Gasteiger partial charge on any atom is 0.416 e. The molecule has 2 nitrogen and oxygen atoms in total. The Labute approximate surface area is 119 Å². The highest BCUT2D eigenvalue weighted by atomic mass is 19.4. The van der Waals surface area contributed by atoms with E-state index in [1.54, 1.807) is 31.2 Å². The number of halogens is 4. The molecule has 2 aromatic rings. The van der Waals surface area contributed by atoms with E-state index in [-0.39, 0.29) is 5.56 Å². The van der Waals surface area contributed by atoms with Gasteiger partial charge in [-0.05, 0) is 41.8 Å². The highest BCUT2D eigenvalue weighted by Crippen LogP contribution is 2.37. The second-order valence-electron chi connectivity index (χ2n) is 4.69. The van der Waals surface area contributed by atoms with E-state index >= 15 is 0 Å². The van der Waals surface area contributed by atoms with Crippen molar-refractivity contribution in [3.05, 3.63) is 70.5 Å². The zero-order chi connectivity index (χ0) is 15.6. The van der Waals surface area contributed by atoms with Gasteiger partial charge >= 0.3 is 6.18 Å². The number of aryl methyl sites for hydroxylation is 1. The first kappa shape index (κ1) is 15.5. The van der Waals surface area contributed by atoms with Crippen LogP contribution in [0.25, 0.3) is 0 Å². The van der Waals surface area contributed by atoms with E-state index < -0.39 is 23.6 Å². The van der Waals surface area contributed by atoms with Crippen LogP contribution in [0.3, 0.4) is 0 Å². The molecule has 0 aliphatic rings. The largest absolute Gasteiger partial charge is 0.416 e. The summed E-state index contributed by atoms with van der Waals surface area (Å²) in [5, 5.41) is 0. The Kier molecular flexibility index (Phi) is 4.29. The predicted octanol–water partition coefficient (Wildman–Crippen LogP) is 3.71. The topological polar surface area (TPSA) is 38.0 Å². The van der Waals surface area contributed by atoms with Crippen LogP contribution in [0.15, 0.2) is 42.5 Å². The molecule has 21 heavy (non-hydrogen) atoms. The van der Waals surface area contributed by atoms with Gasteiger partial charge in [0, 0.05) is 0 Å². The van der Waals surface area contributed by atoms with Crippen molar-refractivity contribution < 1.29 is 17.6 Å². The summed E-state index contributed by atoms with van der Waals surface area (Å²) >= 11 is 0. The summed E-state index contributed by atoms with van der Waals surface area (Å²) in [6.45, 7) is 1.76. The van der Waals surface area contributed by atoms with E-state index in [2.05, 4.69) is 5.43 Å². The van der Waals surface area contributed by atoms with Crippen LogP contribution in [0.4, 0.5) is 17.6 Å². The number of hydrazine groups is 1. The summed E-state index contributed by atoms with van der Waals surface area (Å²) in [5.74, 6) is 4.68. The average Bonchev–Trinajstić information content (AvgIpc) is 2.40. The van der Waals surface area contributed by atoms with Gasteiger partial charge in [-0.2, -0.15) is 13.2 Å². The summed E-state index contributed by atoms with van der Waals surface area (Å²) in [7, 11) is 0. The lowest BCUT2D eigenvalue weighted by Gasteiger charge is -2.23. The number of rotatable bonds is 3. The van der Waals surface area contributed by atoms with Crippen LogP contribution in [0.5, 0.6) is 0 Å². The van der Waals surface area contributed by atoms with Crippen LogP contribution in [0.2, 0.25) is 0 Å². The van der Waals surface area contributed by atoms with E-state index in [1.165, 1.54) is 0 Å². The second kappa shape index (κ2) is 5.83. The second-order valence-corrected chi connectivity index (χ2v) is 4.69. The minimum Gasteiger partial charge on any atom is -0.271 e. The monoisotopic (exact) mass is 298 g/mol. The summed E-state index contributed by atoms with van der Waals surface area (Å²) in [6.07, 6.45) is -4.58. The zero-order valence-electron chi connectivity index (χ0n) is 11.2. The molecule has 0 aliphatic heterocycles. The summed E-state index contributed by atoms with van der Waals surface area (Å²) in [6, 6.07) is 8.31. The smallest absolute Gasteiger partial charge is 0.271 e. The van der Waals surface area contributed by atoms with Crippen molar-refractivity contribution >= 4 is 0 Å². The van der Waals surface area contributed by atoms with Gasteiger partial charge in [0.1, 0.15) is 5.82 Å². The number of hydrogen-bond donors (Lipinski definition) is 2. The normalized spacial score (nSPS) is 13.2. The first-order valence-corrected chi connectivity index (χ1v) is 6.23. The third-order valence-electron chi connectivity index (χ3n) is 3.30. The third kappa shape index (κ3) is 3.22. The quantitative estimate of drug-likeness (QED) is 0.515. The highest BCUT2D eigenvalue weighted by Gasteiger charge is 2.35. The van der Waals surface area contributed by atoms with Crippen molar-refractivity contribution in [2.45, 2.75) is 19.1 Å². The zero-order valence-corrected chi connectivity index (χ0v) is 11.2. The average molecular weight is 298 g/mol.